The lowest BCUT2D eigenvalue weighted by Crippen LogP contribution is -2.10. The Kier molecular flexibility index (Phi) is 4.27. The summed E-state index contributed by atoms with van der Waals surface area (Å²) in [5, 5.41) is 11.3. The zero-order chi connectivity index (χ0) is 12.0. The van der Waals surface area contributed by atoms with E-state index >= 15 is 0 Å². The Hall–Kier alpha value is -2.10. The van der Waals surface area contributed by atoms with Crippen molar-refractivity contribution in [1.29, 1.82) is 0 Å². The van der Waals surface area contributed by atoms with Gasteiger partial charge in [0.1, 0.15) is 0 Å². The zero-order valence-corrected chi connectivity index (χ0v) is 8.77. The second kappa shape index (κ2) is 5.70. The molecule has 0 aromatic heterocycles. The standard InChI is InChI=1S/C12H13NO3/c1-2-3-4-11(14)13-10-7-5-9(6-8-10)12(15)16/h2,5-8H,1,3-4H2,(H,13,14)(H,15,16). The highest BCUT2D eigenvalue weighted by molar-refractivity contribution is 5.92. The molecule has 0 heterocycles. The van der Waals surface area contributed by atoms with E-state index in [1.54, 1.807) is 18.2 Å². The van der Waals surface area contributed by atoms with Gasteiger partial charge in [0.2, 0.25) is 5.91 Å². The Balaban J connectivity index is 2.58. The highest BCUT2D eigenvalue weighted by Gasteiger charge is 2.03. The van der Waals surface area contributed by atoms with Gasteiger partial charge in [0.05, 0.1) is 5.56 Å². The number of rotatable bonds is 5. The van der Waals surface area contributed by atoms with E-state index in [1.165, 1.54) is 12.1 Å². The number of carboxylic acid groups (broad SMARTS) is 1. The van der Waals surface area contributed by atoms with E-state index in [4.69, 9.17) is 5.11 Å². The molecule has 0 saturated carbocycles. The number of nitrogens with one attached hydrogen (secondary N) is 1. The van der Waals surface area contributed by atoms with Gasteiger partial charge in [0.15, 0.2) is 0 Å². The molecule has 0 radical (unpaired) electrons. The second-order valence-electron chi connectivity index (χ2n) is 3.26. The average Bonchev–Trinajstić information content (AvgIpc) is 2.27. The Labute approximate surface area is 93.6 Å². The molecule has 0 fully saturated rings. The molecule has 16 heavy (non-hydrogen) atoms. The molecule has 0 unspecified atom stereocenters. The quantitative estimate of drug-likeness (QED) is 0.746. The van der Waals surface area contributed by atoms with Crippen molar-refractivity contribution in [2.75, 3.05) is 5.32 Å². The van der Waals surface area contributed by atoms with Crippen LogP contribution in [0.25, 0.3) is 0 Å². The van der Waals surface area contributed by atoms with E-state index in [0.717, 1.165) is 0 Å². The number of benzene rings is 1. The lowest BCUT2D eigenvalue weighted by Gasteiger charge is -2.04. The molecule has 1 rings (SSSR count). The monoisotopic (exact) mass is 219 g/mol. The molecule has 84 valence electrons. The van der Waals surface area contributed by atoms with E-state index < -0.39 is 5.97 Å². The van der Waals surface area contributed by atoms with Gasteiger partial charge in [-0.25, -0.2) is 4.79 Å². The number of amides is 1. The fraction of sp³-hybridized carbons (Fsp3) is 0.167. The third-order valence-corrected chi connectivity index (χ3v) is 1.99. The van der Waals surface area contributed by atoms with Crippen molar-refractivity contribution in [3.63, 3.8) is 0 Å². The van der Waals surface area contributed by atoms with Crippen molar-refractivity contribution in [2.45, 2.75) is 12.8 Å². The molecule has 0 atom stereocenters. The van der Waals surface area contributed by atoms with Crippen LogP contribution in [-0.4, -0.2) is 17.0 Å². The first-order chi connectivity index (χ1) is 7.63. The summed E-state index contributed by atoms with van der Waals surface area (Å²) < 4.78 is 0. The summed E-state index contributed by atoms with van der Waals surface area (Å²) in [5.74, 6) is -1.09. The molecule has 1 aromatic rings. The first-order valence-electron chi connectivity index (χ1n) is 4.87. The second-order valence-corrected chi connectivity index (χ2v) is 3.26. The molecule has 0 aliphatic carbocycles. The summed E-state index contributed by atoms with van der Waals surface area (Å²) in [6.45, 7) is 3.53. The smallest absolute Gasteiger partial charge is 0.335 e. The van der Waals surface area contributed by atoms with E-state index in [0.29, 0.717) is 18.5 Å². The van der Waals surface area contributed by atoms with Crippen molar-refractivity contribution >= 4 is 17.6 Å². The molecule has 0 aliphatic rings. The molecule has 1 aromatic carbocycles. The van der Waals surface area contributed by atoms with E-state index in [2.05, 4.69) is 11.9 Å². The van der Waals surface area contributed by atoms with Crippen LogP contribution < -0.4 is 5.32 Å². The van der Waals surface area contributed by atoms with Gasteiger partial charge in [-0.15, -0.1) is 6.58 Å². The summed E-state index contributed by atoms with van der Waals surface area (Å²) in [7, 11) is 0. The first-order valence-corrected chi connectivity index (χ1v) is 4.87. The minimum atomic E-state index is -0.982. The molecule has 4 nitrogen and oxygen atoms in total. The van der Waals surface area contributed by atoms with Crippen molar-refractivity contribution in [1.82, 2.24) is 0 Å². The molecular formula is C12H13NO3. The largest absolute Gasteiger partial charge is 0.478 e. The topological polar surface area (TPSA) is 66.4 Å². The Morgan fingerprint density at radius 3 is 2.44 bits per heavy atom. The summed E-state index contributed by atoms with van der Waals surface area (Å²) >= 11 is 0. The predicted octanol–water partition coefficient (Wildman–Crippen LogP) is 2.29. The van der Waals surface area contributed by atoms with E-state index in [9.17, 15) is 9.59 Å². The van der Waals surface area contributed by atoms with Crippen LogP contribution in [0.3, 0.4) is 0 Å². The summed E-state index contributed by atoms with van der Waals surface area (Å²) in [6.07, 6.45) is 2.68. The molecule has 0 spiro atoms. The number of allylic oxidation sites excluding steroid dienone is 1. The van der Waals surface area contributed by atoms with Gasteiger partial charge < -0.3 is 10.4 Å². The van der Waals surface area contributed by atoms with Crippen LogP contribution in [0.4, 0.5) is 5.69 Å². The van der Waals surface area contributed by atoms with Crippen LogP contribution in [0.1, 0.15) is 23.2 Å². The SMILES string of the molecule is C=CCCC(=O)Nc1ccc(C(=O)O)cc1. The van der Waals surface area contributed by atoms with Gasteiger partial charge in [0, 0.05) is 12.1 Å². The number of hydrogen-bond acceptors (Lipinski definition) is 2. The maximum absolute atomic E-state index is 11.3. The normalized spacial score (nSPS) is 9.50. The third kappa shape index (κ3) is 3.57. The third-order valence-electron chi connectivity index (χ3n) is 1.99. The van der Waals surface area contributed by atoms with Crippen LogP contribution in [-0.2, 0) is 4.79 Å². The fourth-order valence-corrected chi connectivity index (χ4v) is 1.15. The molecule has 2 N–H and O–H groups in total. The molecular weight excluding hydrogens is 206 g/mol. The van der Waals surface area contributed by atoms with Crippen molar-refractivity contribution in [3.05, 3.63) is 42.5 Å². The minimum absolute atomic E-state index is 0.108. The Bertz CT molecular complexity index is 395. The first kappa shape index (κ1) is 12.0. The summed E-state index contributed by atoms with van der Waals surface area (Å²) in [6, 6.07) is 6.03. The Morgan fingerprint density at radius 2 is 1.94 bits per heavy atom. The maximum Gasteiger partial charge on any atom is 0.335 e. The van der Waals surface area contributed by atoms with Crippen LogP contribution in [0, 0.1) is 0 Å². The number of aromatic carboxylic acids is 1. The molecule has 0 bridgehead atoms. The van der Waals surface area contributed by atoms with E-state index in [-0.39, 0.29) is 11.5 Å². The molecule has 0 saturated heterocycles. The number of carbonyl (C=O) groups is 2. The van der Waals surface area contributed by atoms with Crippen molar-refractivity contribution < 1.29 is 14.7 Å². The van der Waals surface area contributed by atoms with Crippen LogP contribution >= 0.6 is 0 Å². The highest BCUT2D eigenvalue weighted by atomic mass is 16.4. The maximum atomic E-state index is 11.3. The van der Waals surface area contributed by atoms with E-state index in [1.807, 2.05) is 0 Å². The van der Waals surface area contributed by atoms with Gasteiger partial charge in [-0.05, 0) is 30.7 Å². The highest BCUT2D eigenvalue weighted by Crippen LogP contribution is 2.10. The van der Waals surface area contributed by atoms with Gasteiger partial charge in [-0.3, -0.25) is 4.79 Å². The van der Waals surface area contributed by atoms with Gasteiger partial charge in [-0.2, -0.15) is 0 Å². The van der Waals surface area contributed by atoms with Crippen LogP contribution in [0.2, 0.25) is 0 Å². The van der Waals surface area contributed by atoms with Gasteiger partial charge >= 0.3 is 5.97 Å². The number of hydrogen-bond donors (Lipinski definition) is 2. The molecule has 4 heteroatoms. The van der Waals surface area contributed by atoms with Crippen molar-refractivity contribution in [2.24, 2.45) is 0 Å². The summed E-state index contributed by atoms with van der Waals surface area (Å²) in [4.78, 5) is 21.9. The molecule has 0 aliphatic heterocycles. The lowest BCUT2D eigenvalue weighted by molar-refractivity contribution is -0.116. The van der Waals surface area contributed by atoms with Gasteiger partial charge in [0.25, 0.3) is 0 Å². The Morgan fingerprint density at radius 1 is 1.31 bits per heavy atom. The molecule has 1 amide bonds. The zero-order valence-electron chi connectivity index (χ0n) is 8.77. The number of carboxylic acids is 1. The lowest BCUT2D eigenvalue weighted by atomic mass is 10.2. The average molecular weight is 219 g/mol. The van der Waals surface area contributed by atoms with Crippen LogP contribution in [0.5, 0.6) is 0 Å². The predicted molar refractivity (Wildman–Crippen MR) is 61.5 cm³/mol. The van der Waals surface area contributed by atoms with Crippen LogP contribution in [0.15, 0.2) is 36.9 Å². The number of anilines is 1. The van der Waals surface area contributed by atoms with Crippen molar-refractivity contribution in [3.8, 4) is 0 Å². The minimum Gasteiger partial charge on any atom is -0.478 e. The number of carbonyl (C=O) groups excluding carboxylic acids is 1. The fourth-order valence-electron chi connectivity index (χ4n) is 1.15. The summed E-state index contributed by atoms with van der Waals surface area (Å²) in [5.41, 5.74) is 0.795. The van der Waals surface area contributed by atoms with Gasteiger partial charge in [-0.1, -0.05) is 6.08 Å².